The number of ether oxygens (including phenoxy) is 1. The molecule has 4 rings (SSSR count). The predicted molar refractivity (Wildman–Crippen MR) is 170 cm³/mol. The average Bonchev–Trinajstić information content (AvgIpc) is 3.07. The van der Waals surface area contributed by atoms with Gasteiger partial charge in [-0.05, 0) is 36.1 Å². The molecule has 3 atom stereocenters. The Balaban J connectivity index is 1.54. The van der Waals surface area contributed by atoms with E-state index in [0.29, 0.717) is 12.8 Å². The van der Waals surface area contributed by atoms with Crippen molar-refractivity contribution in [1.82, 2.24) is 26.6 Å². The number of fused-ring (bicyclic) bond motifs is 1. The predicted octanol–water partition coefficient (Wildman–Crippen LogP) is 0.637. The summed E-state index contributed by atoms with van der Waals surface area (Å²) in [7, 11) is 0. The molecule has 0 saturated carbocycles. The summed E-state index contributed by atoms with van der Waals surface area (Å²) < 4.78 is 5.85. The number of hydrogen-bond donors (Lipinski definition) is 6. The lowest BCUT2D eigenvalue weighted by molar-refractivity contribution is -0.133. The van der Waals surface area contributed by atoms with Crippen molar-refractivity contribution in [3.63, 3.8) is 0 Å². The van der Waals surface area contributed by atoms with E-state index in [4.69, 9.17) is 4.74 Å². The minimum Gasteiger partial charge on any atom is -0.493 e. The lowest BCUT2D eigenvalue weighted by Gasteiger charge is -2.24. The van der Waals surface area contributed by atoms with Crippen LogP contribution in [0.1, 0.15) is 34.3 Å². The third kappa shape index (κ3) is 10.2. The molecule has 12 nitrogen and oxygen atoms in total. The van der Waals surface area contributed by atoms with Crippen molar-refractivity contribution in [2.24, 2.45) is 0 Å². The first kappa shape index (κ1) is 33.7. The number of carbonyl (C=O) groups is 5. The van der Waals surface area contributed by atoms with Gasteiger partial charge in [0, 0.05) is 19.5 Å². The van der Waals surface area contributed by atoms with Crippen LogP contribution < -0.4 is 31.3 Å². The highest BCUT2D eigenvalue weighted by Gasteiger charge is 2.30. The summed E-state index contributed by atoms with van der Waals surface area (Å²) in [6.45, 7) is -0.121. The first-order valence-corrected chi connectivity index (χ1v) is 15.2. The third-order valence-corrected chi connectivity index (χ3v) is 7.33. The highest BCUT2D eigenvalue weighted by Crippen LogP contribution is 2.18. The molecule has 1 heterocycles. The molecule has 46 heavy (non-hydrogen) atoms. The van der Waals surface area contributed by atoms with Crippen molar-refractivity contribution in [1.29, 1.82) is 0 Å². The minimum absolute atomic E-state index is 0.158. The maximum atomic E-state index is 13.4. The van der Waals surface area contributed by atoms with Crippen LogP contribution in [0.3, 0.4) is 0 Å². The standard InChI is InChI=1S/C34H39N5O7/c40-22-28-34(45)39-26(20-24-12-5-2-6-13-24)32(43)35-17-9-19-46-29-15-8-7-14-25(29)31(42)38-27(21-30(41)37-28)33(44)36-18-16-23-10-3-1-4-11-23/h1-8,10-15,26-28,40H,9,16-22H2,(H,35,43)(H,36,44)(H,37,41)(H,38,42)(H,39,45)/t26-,27-,28-/m0/s1. The fourth-order valence-electron chi connectivity index (χ4n) is 4.88. The maximum Gasteiger partial charge on any atom is 0.255 e. The Hall–Kier alpha value is -5.23. The van der Waals surface area contributed by atoms with Crippen LogP contribution >= 0.6 is 0 Å². The summed E-state index contributed by atoms with van der Waals surface area (Å²) in [6, 6.07) is 21.4. The van der Waals surface area contributed by atoms with Crippen molar-refractivity contribution < 1.29 is 33.8 Å². The topological polar surface area (TPSA) is 175 Å². The molecule has 0 spiro atoms. The highest BCUT2D eigenvalue weighted by molar-refractivity contribution is 6.01. The quantitative estimate of drug-likeness (QED) is 0.222. The van der Waals surface area contributed by atoms with E-state index in [1.807, 2.05) is 60.7 Å². The lowest BCUT2D eigenvalue weighted by Crippen LogP contribution is -2.56. The Kier molecular flexibility index (Phi) is 12.7. The average molecular weight is 630 g/mol. The molecule has 6 N–H and O–H groups in total. The second kappa shape index (κ2) is 17.3. The van der Waals surface area contributed by atoms with Gasteiger partial charge >= 0.3 is 0 Å². The zero-order valence-electron chi connectivity index (χ0n) is 25.4. The molecule has 3 aromatic carbocycles. The van der Waals surface area contributed by atoms with Crippen molar-refractivity contribution in [2.45, 2.75) is 43.8 Å². The number of para-hydroxylation sites is 1. The van der Waals surface area contributed by atoms with Crippen LogP contribution in [0, 0.1) is 0 Å². The second-order valence-electron chi connectivity index (χ2n) is 10.8. The van der Waals surface area contributed by atoms with Crippen LogP contribution in [0.4, 0.5) is 0 Å². The van der Waals surface area contributed by atoms with Crippen LogP contribution in [-0.4, -0.2) is 79.1 Å². The van der Waals surface area contributed by atoms with Crippen LogP contribution in [-0.2, 0) is 32.0 Å². The van der Waals surface area contributed by atoms with Crippen LogP contribution in [0.2, 0.25) is 0 Å². The Morgan fingerprint density at radius 1 is 0.804 bits per heavy atom. The van der Waals surface area contributed by atoms with Gasteiger partial charge in [-0.2, -0.15) is 0 Å². The number of amides is 5. The molecule has 242 valence electrons. The molecule has 0 unspecified atom stereocenters. The van der Waals surface area contributed by atoms with E-state index in [1.54, 1.807) is 18.2 Å². The largest absolute Gasteiger partial charge is 0.493 e. The van der Waals surface area contributed by atoms with E-state index < -0.39 is 60.7 Å². The molecule has 1 aliphatic rings. The summed E-state index contributed by atoms with van der Waals surface area (Å²) in [5.41, 5.74) is 1.95. The van der Waals surface area contributed by atoms with Gasteiger partial charge in [-0.25, -0.2) is 0 Å². The normalized spacial score (nSPS) is 19.9. The van der Waals surface area contributed by atoms with E-state index in [2.05, 4.69) is 26.6 Å². The molecule has 0 aromatic heterocycles. The Morgan fingerprint density at radius 3 is 2.20 bits per heavy atom. The van der Waals surface area contributed by atoms with E-state index in [0.717, 1.165) is 11.1 Å². The first-order chi connectivity index (χ1) is 22.3. The van der Waals surface area contributed by atoms with Gasteiger partial charge in [0.15, 0.2) is 0 Å². The van der Waals surface area contributed by atoms with Crippen molar-refractivity contribution >= 4 is 29.5 Å². The summed E-state index contributed by atoms with van der Waals surface area (Å²) in [6.07, 6.45) is 0.575. The zero-order valence-corrected chi connectivity index (χ0v) is 25.4. The Morgan fingerprint density at radius 2 is 1.48 bits per heavy atom. The van der Waals surface area contributed by atoms with E-state index in [-0.39, 0.29) is 37.4 Å². The number of aliphatic hydroxyl groups is 1. The summed E-state index contributed by atoms with van der Waals surface area (Å²) in [5, 5.41) is 23.2. The number of rotatable bonds is 7. The number of benzene rings is 3. The molecule has 0 radical (unpaired) electrons. The van der Waals surface area contributed by atoms with Gasteiger partial charge in [0.25, 0.3) is 5.91 Å². The molecule has 0 aliphatic carbocycles. The number of aliphatic hydroxyl groups excluding tert-OH is 1. The molecular formula is C34H39N5O7. The Bertz CT molecular complexity index is 1490. The van der Waals surface area contributed by atoms with E-state index >= 15 is 0 Å². The molecule has 1 aliphatic heterocycles. The fraction of sp³-hybridized carbons (Fsp3) is 0.324. The van der Waals surface area contributed by atoms with Gasteiger partial charge in [0.2, 0.25) is 23.6 Å². The number of nitrogens with one attached hydrogen (secondary N) is 5. The Labute approximate surface area is 267 Å². The van der Waals surface area contributed by atoms with Gasteiger partial charge in [-0.15, -0.1) is 0 Å². The van der Waals surface area contributed by atoms with Gasteiger partial charge in [0.1, 0.15) is 23.9 Å². The van der Waals surface area contributed by atoms with Crippen LogP contribution in [0.5, 0.6) is 5.75 Å². The summed E-state index contributed by atoms with van der Waals surface area (Å²) in [4.78, 5) is 66.1. The van der Waals surface area contributed by atoms with Crippen LogP contribution in [0.15, 0.2) is 84.9 Å². The first-order valence-electron chi connectivity index (χ1n) is 15.2. The van der Waals surface area contributed by atoms with Crippen molar-refractivity contribution in [2.75, 3.05) is 26.3 Å². The molecular weight excluding hydrogens is 590 g/mol. The molecule has 5 amide bonds. The smallest absolute Gasteiger partial charge is 0.255 e. The van der Waals surface area contributed by atoms with E-state index in [9.17, 15) is 29.1 Å². The lowest BCUT2D eigenvalue weighted by atomic mass is 10.0. The number of carbonyl (C=O) groups excluding carboxylic acids is 5. The van der Waals surface area contributed by atoms with E-state index in [1.165, 1.54) is 6.07 Å². The highest BCUT2D eigenvalue weighted by atomic mass is 16.5. The SMILES string of the molecule is O=C1C[C@@H](C(=O)NCCc2ccccc2)NC(=O)c2ccccc2OCCCNC(=O)[C@H](Cc2ccccc2)NC(=O)[C@H](CO)N1. The maximum absolute atomic E-state index is 13.4. The molecule has 0 fully saturated rings. The van der Waals surface area contributed by atoms with Gasteiger partial charge in [-0.1, -0.05) is 72.8 Å². The minimum atomic E-state index is -1.41. The number of hydrogen-bond acceptors (Lipinski definition) is 7. The van der Waals surface area contributed by atoms with Crippen molar-refractivity contribution in [3.05, 3.63) is 102 Å². The van der Waals surface area contributed by atoms with Gasteiger partial charge in [0.05, 0.1) is 25.2 Å². The van der Waals surface area contributed by atoms with Crippen molar-refractivity contribution in [3.8, 4) is 5.75 Å². The van der Waals surface area contributed by atoms with Gasteiger partial charge < -0.3 is 36.4 Å². The van der Waals surface area contributed by atoms with Gasteiger partial charge in [-0.3, -0.25) is 24.0 Å². The summed E-state index contributed by atoms with van der Waals surface area (Å²) in [5.74, 6) is -2.97. The van der Waals surface area contributed by atoms with Crippen LogP contribution in [0.25, 0.3) is 0 Å². The zero-order chi connectivity index (χ0) is 32.7. The molecule has 3 aromatic rings. The third-order valence-electron chi connectivity index (χ3n) is 7.33. The fourth-order valence-corrected chi connectivity index (χ4v) is 4.88. The molecule has 12 heteroatoms. The molecule has 0 bridgehead atoms. The second-order valence-corrected chi connectivity index (χ2v) is 10.8. The summed E-state index contributed by atoms with van der Waals surface area (Å²) >= 11 is 0. The monoisotopic (exact) mass is 629 g/mol. The molecule has 0 saturated heterocycles.